The van der Waals surface area contributed by atoms with E-state index in [1.807, 2.05) is 0 Å². The minimum absolute atomic E-state index is 0.245. The van der Waals surface area contributed by atoms with Crippen LogP contribution in [0.25, 0.3) is 0 Å². The molecule has 7 heteroatoms. The van der Waals surface area contributed by atoms with Crippen LogP contribution in [-0.4, -0.2) is 17.0 Å². The minimum atomic E-state index is -4.43. The lowest BCUT2D eigenvalue weighted by molar-refractivity contribution is -0.137. The van der Waals surface area contributed by atoms with Gasteiger partial charge in [0.05, 0.1) is 11.3 Å². The Morgan fingerprint density at radius 1 is 1.39 bits per heavy atom. The molecule has 1 aromatic carbocycles. The number of hydrogen-bond donors (Lipinski definition) is 1. The number of fused-ring (bicyclic) bond motifs is 1. The Morgan fingerprint density at radius 3 is 2.72 bits per heavy atom. The summed E-state index contributed by atoms with van der Waals surface area (Å²) >= 11 is 1.17. The number of alkyl halides is 3. The SMILES string of the molecule is O=C(O)N1C=CCSc2cc(C(F)(F)F)ccc21. The van der Waals surface area contributed by atoms with Crippen LogP contribution in [0.3, 0.4) is 0 Å². The topological polar surface area (TPSA) is 40.5 Å². The molecular formula is C11H8F3NO2S. The molecule has 0 saturated carbocycles. The Balaban J connectivity index is 2.49. The first kappa shape index (κ1) is 12.8. The van der Waals surface area contributed by atoms with Crippen LogP contribution in [0.1, 0.15) is 5.56 Å². The van der Waals surface area contributed by atoms with Gasteiger partial charge in [-0.05, 0) is 18.2 Å². The van der Waals surface area contributed by atoms with Crippen LogP contribution in [0.4, 0.5) is 23.7 Å². The fourth-order valence-electron chi connectivity index (χ4n) is 1.54. The molecule has 1 N–H and O–H groups in total. The number of carbonyl (C=O) groups is 1. The van der Waals surface area contributed by atoms with Crippen molar-refractivity contribution in [2.24, 2.45) is 0 Å². The molecule has 96 valence electrons. The number of thioether (sulfide) groups is 1. The lowest BCUT2D eigenvalue weighted by Gasteiger charge is -2.17. The van der Waals surface area contributed by atoms with Crippen molar-refractivity contribution in [1.82, 2.24) is 0 Å². The second-order valence-electron chi connectivity index (χ2n) is 3.53. The van der Waals surface area contributed by atoms with E-state index in [9.17, 15) is 18.0 Å². The predicted molar refractivity (Wildman–Crippen MR) is 61.8 cm³/mol. The maximum absolute atomic E-state index is 12.6. The number of nitrogens with zero attached hydrogens (tertiary/aromatic N) is 1. The highest BCUT2D eigenvalue weighted by molar-refractivity contribution is 7.99. The molecule has 3 nitrogen and oxygen atoms in total. The summed E-state index contributed by atoms with van der Waals surface area (Å²) in [5.41, 5.74) is -0.532. The van der Waals surface area contributed by atoms with Crippen molar-refractivity contribution >= 4 is 23.5 Å². The van der Waals surface area contributed by atoms with Crippen LogP contribution in [-0.2, 0) is 6.18 Å². The second kappa shape index (κ2) is 4.56. The van der Waals surface area contributed by atoms with E-state index in [0.717, 1.165) is 17.0 Å². The molecule has 0 radical (unpaired) electrons. The van der Waals surface area contributed by atoms with Gasteiger partial charge in [-0.3, -0.25) is 4.90 Å². The van der Waals surface area contributed by atoms with Crippen molar-refractivity contribution in [3.8, 4) is 0 Å². The summed E-state index contributed by atoms with van der Waals surface area (Å²) in [6.07, 6.45) is -2.72. The van der Waals surface area contributed by atoms with E-state index in [0.29, 0.717) is 10.6 Å². The first-order valence-electron chi connectivity index (χ1n) is 4.92. The van der Waals surface area contributed by atoms with E-state index < -0.39 is 17.8 Å². The average Bonchev–Trinajstić information content (AvgIpc) is 2.48. The molecule has 1 aliphatic heterocycles. The summed E-state index contributed by atoms with van der Waals surface area (Å²) in [6.45, 7) is 0. The fraction of sp³-hybridized carbons (Fsp3) is 0.182. The quantitative estimate of drug-likeness (QED) is 0.782. The highest BCUT2D eigenvalue weighted by Crippen LogP contribution is 2.38. The van der Waals surface area contributed by atoms with Gasteiger partial charge < -0.3 is 5.11 Å². The summed E-state index contributed by atoms with van der Waals surface area (Å²) < 4.78 is 37.7. The molecule has 0 unspecified atom stereocenters. The Hall–Kier alpha value is -1.63. The van der Waals surface area contributed by atoms with Crippen LogP contribution in [0, 0.1) is 0 Å². The van der Waals surface area contributed by atoms with Crippen molar-refractivity contribution in [1.29, 1.82) is 0 Å². The van der Waals surface area contributed by atoms with Crippen LogP contribution >= 0.6 is 11.8 Å². The van der Waals surface area contributed by atoms with Crippen molar-refractivity contribution in [2.45, 2.75) is 11.1 Å². The van der Waals surface area contributed by atoms with Gasteiger partial charge in [-0.15, -0.1) is 11.8 Å². The second-order valence-corrected chi connectivity index (χ2v) is 4.59. The normalized spacial score (nSPS) is 15.2. The number of amides is 1. The Labute approximate surface area is 105 Å². The molecule has 18 heavy (non-hydrogen) atoms. The molecule has 0 spiro atoms. The summed E-state index contributed by atoms with van der Waals surface area (Å²) in [5.74, 6) is 0.429. The average molecular weight is 275 g/mol. The lowest BCUT2D eigenvalue weighted by atomic mass is 10.2. The van der Waals surface area contributed by atoms with Crippen molar-refractivity contribution < 1.29 is 23.1 Å². The maximum atomic E-state index is 12.6. The molecule has 0 fully saturated rings. The number of carboxylic acid groups (broad SMARTS) is 1. The standard InChI is InChI=1S/C11H8F3NO2S/c12-11(13,14)7-2-3-8-9(6-7)18-5-1-4-15(8)10(16)17/h1-4,6H,5H2,(H,16,17). The van der Waals surface area contributed by atoms with Crippen LogP contribution < -0.4 is 4.90 Å². The van der Waals surface area contributed by atoms with Gasteiger partial charge in [0.25, 0.3) is 0 Å². The minimum Gasteiger partial charge on any atom is -0.464 e. The monoisotopic (exact) mass is 275 g/mol. The van der Waals surface area contributed by atoms with Crippen molar-refractivity contribution in [2.75, 3.05) is 10.7 Å². The van der Waals surface area contributed by atoms with E-state index in [1.165, 1.54) is 24.0 Å². The highest BCUT2D eigenvalue weighted by atomic mass is 32.2. The molecule has 0 aromatic heterocycles. The summed E-state index contributed by atoms with van der Waals surface area (Å²) in [7, 11) is 0. The first-order valence-corrected chi connectivity index (χ1v) is 5.91. The van der Waals surface area contributed by atoms with E-state index in [4.69, 9.17) is 5.11 Å². The Bertz CT molecular complexity index is 514. The van der Waals surface area contributed by atoms with Crippen LogP contribution in [0.15, 0.2) is 35.4 Å². The third-order valence-electron chi connectivity index (χ3n) is 2.34. The zero-order valence-corrected chi connectivity index (χ0v) is 9.76. The molecule has 1 aliphatic rings. The first-order chi connectivity index (χ1) is 8.39. The van der Waals surface area contributed by atoms with Crippen molar-refractivity contribution in [3.05, 3.63) is 36.0 Å². The van der Waals surface area contributed by atoms with Gasteiger partial charge in [-0.25, -0.2) is 4.79 Å². The van der Waals surface area contributed by atoms with Gasteiger partial charge in [-0.2, -0.15) is 13.2 Å². The molecule has 0 aliphatic carbocycles. The summed E-state index contributed by atoms with van der Waals surface area (Å²) in [6, 6.07) is 3.03. The number of halogens is 3. The molecular weight excluding hydrogens is 267 g/mol. The third kappa shape index (κ3) is 2.45. The van der Waals surface area contributed by atoms with Crippen LogP contribution in [0.5, 0.6) is 0 Å². The molecule has 2 rings (SSSR count). The van der Waals surface area contributed by atoms with Crippen molar-refractivity contribution in [3.63, 3.8) is 0 Å². The molecule has 1 amide bonds. The summed E-state index contributed by atoms with van der Waals surface area (Å²) in [4.78, 5) is 12.2. The number of rotatable bonds is 0. The van der Waals surface area contributed by atoms with Gasteiger partial charge in [0.1, 0.15) is 0 Å². The molecule has 0 bridgehead atoms. The maximum Gasteiger partial charge on any atom is 0.416 e. The lowest BCUT2D eigenvalue weighted by Crippen LogP contribution is -2.23. The number of benzene rings is 1. The fourth-order valence-corrected chi connectivity index (χ4v) is 2.42. The van der Waals surface area contributed by atoms with Gasteiger partial charge in [0.15, 0.2) is 0 Å². The van der Waals surface area contributed by atoms with Gasteiger partial charge in [-0.1, -0.05) is 6.08 Å². The van der Waals surface area contributed by atoms with E-state index in [-0.39, 0.29) is 5.69 Å². The molecule has 0 saturated heterocycles. The zero-order chi connectivity index (χ0) is 13.3. The van der Waals surface area contributed by atoms with Crippen LogP contribution in [0.2, 0.25) is 0 Å². The van der Waals surface area contributed by atoms with E-state index in [1.54, 1.807) is 6.08 Å². The smallest absolute Gasteiger partial charge is 0.416 e. The highest BCUT2D eigenvalue weighted by Gasteiger charge is 2.32. The molecule has 0 atom stereocenters. The summed E-state index contributed by atoms with van der Waals surface area (Å²) in [5, 5.41) is 8.98. The number of hydrogen-bond acceptors (Lipinski definition) is 2. The molecule has 1 heterocycles. The third-order valence-corrected chi connectivity index (χ3v) is 3.34. The molecule has 1 aromatic rings. The van der Waals surface area contributed by atoms with E-state index >= 15 is 0 Å². The Kier molecular flexibility index (Phi) is 3.25. The van der Waals surface area contributed by atoms with Gasteiger partial charge >= 0.3 is 12.3 Å². The van der Waals surface area contributed by atoms with E-state index in [2.05, 4.69) is 0 Å². The largest absolute Gasteiger partial charge is 0.464 e. The van der Waals surface area contributed by atoms with Gasteiger partial charge in [0, 0.05) is 16.8 Å². The number of anilines is 1. The van der Waals surface area contributed by atoms with Gasteiger partial charge in [0.2, 0.25) is 0 Å². The zero-order valence-electron chi connectivity index (χ0n) is 8.94. The predicted octanol–water partition coefficient (Wildman–Crippen LogP) is 3.81. The Morgan fingerprint density at radius 2 is 2.11 bits per heavy atom.